The van der Waals surface area contributed by atoms with Gasteiger partial charge in [0.05, 0.1) is 21.8 Å². The third kappa shape index (κ3) is 9.01. The second-order valence-electron chi connectivity index (χ2n) is 15.4. The molecule has 6 rings (SSSR count). The van der Waals surface area contributed by atoms with Crippen LogP contribution in [0.2, 0.25) is 0 Å². The molecule has 4 aliphatic rings. The molecule has 0 saturated heterocycles. The van der Waals surface area contributed by atoms with E-state index in [1.54, 1.807) is 12.1 Å². The maximum absolute atomic E-state index is 12.6. The van der Waals surface area contributed by atoms with Gasteiger partial charge in [0, 0.05) is 66.9 Å². The van der Waals surface area contributed by atoms with E-state index in [0.717, 1.165) is 54.0 Å². The number of benzene rings is 2. The number of hydrogen-bond acceptors (Lipinski definition) is 9. The van der Waals surface area contributed by atoms with Crippen molar-refractivity contribution in [3.05, 3.63) is 83.6 Å². The van der Waals surface area contributed by atoms with Crippen LogP contribution in [0.3, 0.4) is 0 Å². The van der Waals surface area contributed by atoms with Crippen LogP contribution in [0.4, 0.5) is 16.2 Å². The van der Waals surface area contributed by atoms with E-state index in [4.69, 9.17) is 4.74 Å². The van der Waals surface area contributed by atoms with Gasteiger partial charge in [0.25, 0.3) is 0 Å². The SMILES string of the molecule is CCN1\C(=C/C=C/C=C/C2=[N+](CCCNC(=O)OC[C@@H]3[C@@H]4CCC#CCC[C@@H]43)c3ccc(S(=O)(=O)[O-])cc3C2(C)C)C(C)(C)c2cc(S(=O)(=O)[O-])ccc21.[Na+]. The Morgan fingerprint density at radius 2 is 1.55 bits per heavy atom. The fourth-order valence-corrected chi connectivity index (χ4v) is 9.49. The largest absolute Gasteiger partial charge is 1.00 e. The zero-order valence-electron chi connectivity index (χ0n) is 32.4. The molecule has 2 aliphatic carbocycles. The molecule has 1 saturated carbocycles. The molecule has 2 heterocycles. The maximum Gasteiger partial charge on any atom is 1.00 e. The first-order valence-electron chi connectivity index (χ1n) is 18.5. The number of nitrogens with zero attached hydrogens (tertiary/aromatic N) is 2. The molecule has 1 fully saturated rings. The molecule has 11 nitrogen and oxygen atoms in total. The van der Waals surface area contributed by atoms with Crippen molar-refractivity contribution in [2.45, 2.75) is 87.3 Å². The van der Waals surface area contributed by atoms with Gasteiger partial charge in [-0.05, 0) is 93.3 Å². The molecule has 55 heavy (non-hydrogen) atoms. The summed E-state index contributed by atoms with van der Waals surface area (Å²) in [6, 6.07) is 8.95. The summed E-state index contributed by atoms with van der Waals surface area (Å²) in [6.45, 7) is 11.9. The number of amides is 1. The molecule has 14 heteroatoms. The molecule has 0 spiro atoms. The zero-order valence-corrected chi connectivity index (χ0v) is 36.1. The minimum atomic E-state index is -4.67. The number of likely N-dealkylation sites (N-methyl/N-ethyl adjacent to an activating group) is 1. The maximum atomic E-state index is 12.6. The van der Waals surface area contributed by atoms with Crippen molar-refractivity contribution in [3.8, 4) is 11.8 Å². The minimum absolute atomic E-state index is 0. The number of carbonyl (C=O) groups excluding carboxylic acids is 1. The smallest absolute Gasteiger partial charge is 0.744 e. The van der Waals surface area contributed by atoms with Gasteiger partial charge in [0.1, 0.15) is 20.2 Å². The first-order chi connectivity index (χ1) is 25.5. The van der Waals surface area contributed by atoms with E-state index >= 15 is 0 Å². The molecule has 0 unspecified atom stereocenters. The van der Waals surface area contributed by atoms with Gasteiger partial charge in [-0.1, -0.05) is 32.1 Å². The van der Waals surface area contributed by atoms with E-state index in [1.165, 1.54) is 24.3 Å². The van der Waals surface area contributed by atoms with Gasteiger partial charge in [0.15, 0.2) is 12.3 Å². The van der Waals surface area contributed by atoms with E-state index < -0.39 is 37.2 Å². The van der Waals surface area contributed by atoms with Crippen LogP contribution < -0.4 is 39.8 Å². The number of alkyl carbamates (subject to hydrolysis) is 1. The standard InChI is InChI=1S/C41H49N3O8S2.Na/c1-6-43-35-21-19-28(53(46,47)48)25-33(35)40(2,3)37(43)17-12-9-13-18-38-41(4,5)34-26-29(54(49,50)51)20-22-36(34)44(38)24-14-23-42-39(45)52-27-32-30-15-10-7-8-11-16-31(30)32;/h9,12-13,17-22,25-26,30-32H,6,10-11,14-16,23-24,27H2,1-5H3,(H2-,42,45,46,47,48,49,50,51);/q;+1/p-1/t30-,31+,32-;. The summed E-state index contributed by atoms with van der Waals surface area (Å²) in [5.74, 6) is 8.00. The van der Waals surface area contributed by atoms with Gasteiger partial charge in [-0.3, -0.25) is 0 Å². The molecule has 0 bridgehead atoms. The van der Waals surface area contributed by atoms with Crippen LogP contribution in [0.5, 0.6) is 0 Å². The Bertz CT molecular complexity index is 2230. The van der Waals surface area contributed by atoms with Crippen LogP contribution >= 0.6 is 0 Å². The van der Waals surface area contributed by atoms with Gasteiger partial charge in [-0.25, -0.2) is 21.6 Å². The zero-order chi connectivity index (χ0) is 39.1. The number of allylic oxidation sites excluding steroid dienone is 6. The molecule has 2 aromatic rings. The normalized spacial score (nSPS) is 23.0. The Balaban J connectivity index is 0.00000580. The summed E-state index contributed by atoms with van der Waals surface area (Å²) in [6.07, 6.45) is 13.7. The van der Waals surface area contributed by atoms with Crippen molar-refractivity contribution in [3.63, 3.8) is 0 Å². The van der Waals surface area contributed by atoms with Gasteiger partial charge >= 0.3 is 35.7 Å². The second-order valence-corrected chi connectivity index (χ2v) is 18.2. The van der Waals surface area contributed by atoms with Crippen LogP contribution in [-0.2, 0) is 35.8 Å². The van der Waals surface area contributed by atoms with Gasteiger partial charge < -0.3 is 24.1 Å². The van der Waals surface area contributed by atoms with Crippen molar-refractivity contribution in [2.24, 2.45) is 17.8 Å². The average Bonchev–Trinajstić information content (AvgIpc) is 3.61. The van der Waals surface area contributed by atoms with Crippen molar-refractivity contribution >= 4 is 43.4 Å². The summed E-state index contributed by atoms with van der Waals surface area (Å²) in [4.78, 5) is 14.1. The molecule has 3 atom stereocenters. The topological polar surface area (TPSA) is 159 Å². The van der Waals surface area contributed by atoms with E-state index in [9.17, 15) is 30.7 Å². The fourth-order valence-electron chi connectivity index (χ4n) is 8.49. The number of nitrogens with one attached hydrogen (secondary N) is 1. The van der Waals surface area contributed by atoms with Crippen LogP contribution in [0.25, 0.3) is 0 Å². The Hall–Kier alpha value is -3.22. The first kappa shape index (κ1) is 42.9. The average molecular weight is 798 g/mol. The van der Waals surface area contributed by atoms with Gasteiger partial charge in [-0.2, -0.15) is 4.58 Å². The monoisotopic (exact) mass is 797 g/mol. The number of hydrogen-bond donors (Lipinski definition) is 1. The summed E-state index contributed by atoms with van der Waals surface area (Å²) >= 11 is 0. The third-order valence-electron chi connectivity index (χ3n) is 11.4. The summed E-state index contributed by atoms with van der Waals surface area (Å²) in [7, 11) is -9.27. The van der Waals surface area contributed by atoms with Gasteiger partial charge in [0.2, 0.25) is 5.69 Å². The minimum Gasteiger partial charge on any atom is -0.744 e. The Morgan fingerprint density at radius 1 is 0.927 bits per heavy atom. The number of anilines is 1. The molecule has 1 N–H and O–H groups in total. The van der Waals surface area contributed by atoms with Crippen LogP contribution in [0, 0.1) is 29.6 Å². The van der Waals surface area contributed by atoms with Crippen LogP contribution in [0.15, 0.2) is 82.3 Å². The van der Waals surface area contributed by atoms with Gasteiger partial charge in [-0.15, -0.1) is 11.8 Å². The third-order valence-corrected chi connectivity index (χ3v) is 13.1. The number of rotatable bonds is 12. The van der Waals surface area contributed by atoms with Crippen molar-refractivity contribution in [1.29, 1.82) is 0 Å². The number of carbonyl (C=O) groups is 1. The summed E-state index contributed by atoms with van der Waals surface area (Å²) < 4.78 is 78.8. The summed E-state index contributed by atoms with van der Waals surface area (Å²) in [5, 5.41) is 2.88. The predicted octanol–water partition coefficient (Wildman–Crippen LogP) is 3.24. The number of fused-ring (bicyclic) bond motifs is 3. The first-order valence-corrected chi connectivity index (χ1v) is 21.3. The summed E-state index contributed by atoms with van der Waals surface area (Å²) in [5.41, 5.74) is 3.73. The van der Waals surface area contributed by atoms with E-state index in [2.05, 4.69) is 26.6 Å². The Morgan fingerprint density at radius 3 is 2.16 bits per heavy atom. The Labute approximate surface area is 347 Å². The predicted molar refractivity (Wildman–Crippen MR) is 205 cm³/mol. The van der Waals surface area contributed by atoms with E-state index in [0.29, 0.717) is 56.0 Å². The molecule has 0 radical (unpaired) electrons. The molecule has 0 aromatic heterocycles. The molecular weight excluding hydrogens is 750 g/mol. The molecule has 288 valence electrons. The molecular formula is C41H48N3NaO8S2. The Kier molecular flexibility index (Phi) is 13.0. The molecule has 2 aromatic carbocycles. The van der Waals surface area contributed by atoms with E-state index in [1.807, 2.05) is 65.0 Å². The quantitative estimate of drug-likeness (QED) is 0.0851. The molecule has 2 aliphatic heterocycles. The second kappa shape index (κ2) is 16.7. The molecule has 1 amide bonds. The van der Waals surface area contributed by atoms with E-state index in [-0.39, 0.29) is 39.3 Å². The van der Waals surface area contributed by atoms with Crippen molar-refractivity contribution in [2.75, 3.05) is 31.1 Å². The number of ether oxygens (including phenoxy) is 1. The van der Waals surface area contributed by atoms with Crippen LogP contribution in [-0.4, -0.2) is 68.6 Å². The van der Waals surface area contributed by atoms with Crippen molar-refractivity contribution in [1.82, 2.24) is 5.32 Å². The van der Waals surface area contributed by atoms with Crippen molar-refractivity contribution < 1.29 is 69.6 Å². The fraction of sp³-hybridized carbons (Fsp3) is 0.463. The van der Waals surface area contributed by atoms with Crippen LogP contribution in [0.1, 0.15) is 77.8 Å².